The van der Waals surface area contributed by atoms with Crippen molar-refractivity contribution in [2.75, 3.05) is 31.6 Å². The zero-order chi connectivity index (χ0) is 27.9. The number of hydrogen-bond acceptors (Lipinski definition) is 7. The Labute approximate surface area is 234 Å². The number of nitrogens with zero attached hydrogens (tertiary/aromatic N) is 3. The number of pyridine rings is 1. The van der Waals surface area contributed by atoms with Gasteiger partial charge in [-0.05, 0) is 68.8 Å². The average molecular weight is 556 g/mol. The quantitative estimate of drug-likeness (QED) is 0.264. The van der Waals surface area contributed by atoms with E-state index in [0.717, 1.165) is 38.2 Å². The van der Waals surface area contributed by atoms with Crippen molar-refractivity contribution in [2.24, 2.45) is 0 Å². The Hall–Kier alpha value is -3.36. The predicted octanol–water partition coefficient (Wildman–Crippen LogP) is 6.13. The van der Waals surface area contributed by atoms with E-state index in [-0.39, 0.29) is 24.7 Å². The summed E-state index contributed by atoms with van der Waals surface area (Å²) in [6.45, 7) is 8.95. The highest BCUT2D eigenvalue weighted by Gasteiger charge is 2.30. The number of hydrogen-bond donors (Lipinski definition) is 0. The molecule has 0 aliphatic carbocycles. The summed E-state index contributed by atoms with van der Waals surface area (Å²) >= 11 is 6.14. The van der Waals surface area contributed by atoms with Gasteiger partial charge in [0.1, 0.15) is 23.8 Å². The number of rotatable bonds is 11. The van der Waals surface area contributed by atoms with Crippen molar-refractivity contribution in [1.82, 2.24) is 9.88 Å². The van der Waals surface area contributed by atoms with Crippen LogP contribution in [0.4, 0.5) is 10.2 Å². The molecule has 2 aromatic carbocycles. The first-order valence-corrected chi connectivity index (χ1v) is 13.6. The fourth-order valence-electron chi connectivity index (χ4n) is 4.80. The van der Waals surface area contributed by atoms with Crippen LogP contribution >= 0.6 is 11.6 Å². The molecule has 0 spiro atoms. The molecule has 2 heterocycles. The van der Waals surface area contributed by atoms with Crippen molar-refractivity contribution >= 4 is 23.4 Å². The van der Waals surface area contributed by atoms with E-state index in [2.05, 4.69) is 21.7 Å². The zero-order valence-electron chi connectivity index (χ0n) is 22.8. The van der Waals surface area contributed by atoms with Gasteiger partial charge in [0.05, 0.1) is 18.2 Å². The van der Waals surface area contributed by atoms with E-state index >= 15 is 0 Å². The number of halogens is 2. The van der Waals surface area contributed by atoms with Gasteiger partial charge in [0.2, 0.25) is 0 Å². The van der Waals surface area contributed by atoms with Gasteiger partial charge in [0.25, 0.3) is 0 Å². The van der Waals surface area contributed by atoms with Gasteiger partial charge in [0.15, 0.2) is 11.5 Å². The van der Waals surface area contributed by atoms with Crippen LogP contribution in [0.15, 0.2) is 54.7 Å². The third-order valence-corrected chi connectivity index (χ3v) is 7.14. The molecule has 7 nitrogen and oxygen atoms in total. The normalized spacial score (nSPS) is 15.2. The van der Waals surface area contributed by atoms with Gasteiger partial charge in [-0.2, -0.15) is 0 Å². The molecule has 9 heteroatoms. The minimum absolute atomic E-state index is 0.000425. The molecule has 1 atom stereocenters. The Morgan fingerprint density at radius 2 is 2.03 bits per heavy atom. The second-order valence-electron chi connectivity index (χ2n) is 9.75. The molecular weight excluding hydrogens is 521 g/mol. The van der Waals surface area contributed by atoms with Crippen LogP contribution in [0.2, 0.25) is 5.02 Å². The fraction of sp³-hybridized carbons (Fsp3) is 0.400. The Morgan fingerprint density at radius 3 is 2.74 bits per heavy atom. The highest BCUT2D eigenvalue weighted by atomic mass is 35.5. The van der Waals surface area contributed by atoms with Crippen molar-refractivity contribution < 1.29 is 23.4 Å². The molecule has 208 valence electrons. The molecule has 1 aromatic heterocycles. The smallest absolute Gasteiger partial charge is 0.342 e. The monoisotopic (exact) mass is 555 g/mol. The molecular formula is C30H35ClFN3O4. The fourth-order valence-corrected chi connectivity index (χ4v) is 5.02. The molecule has 0 amide bonds. The largest absolute Gasteiger partial charge is 0.493 e. The molecule has 0 saturated carbocycles. The third kappa shape index (κ3) is 6.99. The van der Waals surface area contributed by atoms with Gasteiger partial charge in [-0.15, -0.1) is 0 Å². The molecule has 1 fully saturated rings. The molecule has 39 heavy (non-hydrogen) atoms. The Balaban J connectivity index is 1.43. The van der Waals surface area contributed by atoms with Crippen molar-refractivity contribution in [3.8, 4) is 11.5 Å². The first-order chi connectivity index (χ1) is 18.8. The summed E-state index contributed by atoms with van der Waals surface area (Å²) in [5, 5.41) is 0.324. The Morgan fingerprint density at radius 1 is 1.21 bits per heavy atom. The standard InChI is InChI=1S/C30H35ClFN3O4/c1-5-34(22-13-15-35(18-22)29-23(8-7-14-33-29)30(36)39-20(2)3)17-21-11-12-27(28(16-21)37-4)38-19-24-25(31)9-6-10-26(24)32/h6-12,14,16,20,22H,5,13,15,17-19H2,1-4H3. The lowest BCUT2D eigenvalue weighted by Gasteiger charge is -2.28. The van der Waals surface area contributed by atoms with E-state index in [0.29, 0.717) is 33.5 Å². The lowest BCUT2D eigenvalue weighted by atomic mass is 10.1. The van der Waals surface area contributed by atoms with Gasteiger partial charge < -0.3 is 19.1 Å². The van der Waals surface area contributed by atoms with Crippen LogP contribution in [0.25, 0.3) is 0 Å². The van der Waals surface area contributed by atoms with E-state index in [1.54, 1.807) is 37.6 Å². The average Bonchev–Trinajstić information content (AvgIpc) is 3.41. The van der Waals surface area contributed by atoms with Crippen molar-refractivity contribution in [3.63, 3.8) is 0 Å². The number of methoxy groups -OCH3 is 1. The SMILES string of the molecule is CCN(Cc1ccc(OCc2c(F)cccc2Cl)c(OC)c1)C1CCN(c2ncccc2C(=O)OC(C)C)C1. The maximum absolute atomic E-state index is 14.1. The minimum Gasteiger partial charge on any atom is -0.493 e. The van der Waals surface area contributed by atoms with Crippen LogP contribution in [0.5, 0.6) is 11.5 Å². The summed E-state index contributed by atoms with van der Waals surface area (Å²) in [5.74, 6) is 1.00. The van der Waals surface area contributed by atoms with Crippen molar-refractivity contribution in [1.29, 1.82) is 0 Å². The van der Waals surface area contributed by atoms with Gasteiger partial charge in [-0.3, -0.25) is 4.90 Å². The second kappa shape index (κ2) is 13.1. The first kappa shape index (κ1) is 28.6. The van der Waals surface area contributed by atoms with E-state index in [1.165, 1.54) is 6.07 Å². The Kier molecular flexibility index (Phi) is 9.64. The number of aromatic nitrogens is 1. The summed E-state index contributed by atoms with van der Waals surface area (Å²) in [5.41, 5.74) is 1.87. The molecule has 1 unspecified atom stereocenters. The molecule has 3 aromatic rings. The lowest BCUT2D eigenvalue weighted by molar-refractivity contribution is 0.0378. The van der Waals surface area contributed by atoms with E-state index < -0.39 is 5.82 Å². The van der Waals surface area contributed by atoms with Crippen LogP contribution in [0.1, 0.15) is 48.7 Å². The Bertz CT molecular complexity index is 1270. The molecule has 0 N–H and O–H groups in total. The summed E-state index contributed by atoms with van der Waals surface area (Å²) in [6.07, 6.45) is 2.46. The topological polar surface area (TPSA) is 64.1 Å². The highest BCUT2D eigenvalue weighted by molar-refractivity contribution is 6.31. The number of carbonyl (C=O) groups excluding carboxylic acids is 1. The number of esters is 1. The number of ether oxygens (including phenoxy) is 3. The summed E-state index contributed by atoms with van der Waals surface area (Å²) < 4.78 is 31.0. The number of carbonyl (C=O) groups is 1. The number of benzene rings is 2. The van der Waals surface area contributed by atoms with Gasteiger partial charge in [-0.1, -0.05) is 30.7 Å². The summed E-state index contributed by atoms with van der Waals surface area (Å²) in [7, 11) is 1.59. The summed E-state index contributed by atoms with van der Waals surface area (Å²) in [4.78, 5) is 21.7. The first-order valence-electron chi connectivity index (χ1n) is 13.2. The molecule has 1 aliphatic heterocycles. The molecule has 1 saturated heterocycles. The van der Waals surface area contributed by atoms with Crippen molar-refractivity contribution in [3.05, 3.63) is 82.3 Å². The van der Waals surface area contributed by atoms with E-state index in [1.807, 2.05) is 32.0 Å². The minimum atomic E-state index is -0.406. The van der Waals surface area contributed by atoms with Crippen LogP contribution < -0.4 is 14.4 Å². The number of likely N-dealkylation sites (N-methyl/N-ethyl adjacent to an activating group) is 1. The maximum atomic E-state index is 14.1. The van der Waals surface area contributed by atoms with E-state index in [9.17, 15) is 9.18 Å². The third-order valence-electron chi connectivity index (χ3n) is 6.78. The van der Waals surface area contributed by atoms with Gasteiger partial charge in [-0.25, -0.2) is 14.2 Å². The zero-order valence-corrected chi connectivity index (χ0v) is 23.6. The molecule has 4 rings (SSSR count). The predicted molar refractivity (Wildman–Crippen MR) is 150 cm³/mol. The van der Waals surface area contributed by atoms with Gasteiger partial charge in [0, 0.05) is 37.4 Å². The van der Waals surface area contributed by atoms with E-state index in [4.69, 9.17) is 25.8 Å². The molecule has 0 bridgehead atoms. The van der Waals surface area contributed by atoms with Crippen LogP contribution in [-0.4, -0.2) is 54.7 Å². The molecule has 0 radical (unpaired) electrons. The lowest BCUT2D eigenvalue weighted by Crippen LogP contribution is -2.37. The van der Waals surface area contributed by atoms with Crippen LogP contribution in [0.3, 0.4) is 0 Å². The second-order valence-corrected chi connectivity index (χ2v) is 10.2. The highest BCUT2D eigenvalue weighted by Crippen LogP contribution is 2.32. The molecule has 1 aliphatic rings. The maximum Gasteiger partial charge on any atom is 0.342 e. The summed E-state index contributed by atoms with van der Waals surface area (Å²) in [6, 6.07) is 14.2. The van der Waals surface area contributed by atoms with Crippen molar-refractivity contribution in [2.45, 2.75) is 52.5 Å². The van der Waals surface area contributed by atoms with Crippen LogP contribution in [-0.2, 0) is 17.9 Å². The van der Waals surface area contributed by atoms with Crippen LogP contribution in [0, 0.1) is 5.82 Å². The van der Waals surface area contributed by atoms with Gasteiger partial charge >= 0.3 is 5.97 Å². The number of anilines is 1.